The van der Waals surface area contributed by atoms with Gasteiger partial charge in [0.05, 0.1) is 6.61 Å². The van der Waals surface area contributed by atoms with Gasteiger partial charge in [-0.05, 0) is 41.8 Å². The van der Waals surface area contributed by atoms with E-state index in [9.17, 15) is 14.7 Å². The highest BCUT2D eigenvalue weighted by Crippen LogP contribution is 2.35. The largest absolute Gasteiger partial charge is 0.508 e. The van der Waals surface area contributed by atoms with Gasteiger partial charge in [-0.15, -0.1) is 0 Å². The third-order valence-corrected chi connectivity index (χ3v) is 4.18. The molecule has 3 rings (SSSR count). The van der Waals surface area contributed by atoms with Crippen molar-refractivity contribution >= 4 is 23.4 Å². The molecule has 1 aromatic rings. The summed E-state index contributed by atoms with van der Waals surface area (Å²) in [5.74, 6) is -0.867. The first kappa shape index (κ1) is 14.8. The van der Waals surface area contributed by atoms with Crippen LogP contribution in [0.5, 0.6) is 5.75 Å². The van der Waals surface area contributed by atoms with Crippen LogP contribution in [-0.2, 0) is 14.3 Å². The molecule has 0 bridgehead atoms. The van der Waals surface area contributed by atoms with E-state index in [0.717, 1.165) is 16.7 Å². The van der Waals surface area contributed by atoms with Crippen molar-refractivity contribution in [3.63, 3.8) is 0 Å². The topological polar surface area (TPSA) is 66.8 Å². The molecule has 5 nitrogen and oxygen atoms in total. The first-order valence-corrected chi connectivity index (χ1v) is 7.54. The Morgan fingerprint density at radius 1 is 1.45 bits per heavy atom. The highest BCUT2D eigenvalue weighted by atomic mass is 16.5. The molecule has 0 aromatic heterocycles. The SMILES string of the molecule is CCOC(=O)C1CN(CC2=Cc3ccc(O)cc32)CCC1=O. The molecule has 1 fully saturated rings. The van der Waals surface area contributed by atoms with E-state index >= 15 is 0 Å². The van der Waals surface area contributed by atoms with Crippen LogP contribution < -0.4 is 0 Å². The Kier molecular flexibility index (Phi) is 3.98. The molecule has 0 radical (unpaired) electrons. The van der Waals surface area contributed by atoms with Gasteiger partial charge in [0.15, 0.2) is 0 Å². The van der Waals surface area contributed by atoms with Crippen LogP contribution in [0.15, 0.2) is 18.2 Å². The van der Waals surface area contributed by atoms with Crippen LogP contribution in [-0.4, -0.2) is 48.0 Å². The lowest BCUT2D eigenvalue weighted by atomic mass is 9.87. The average molecular weight is 301 g/mol. The molecule has 22 heavy (non-hydrogen) atoms. The van der Waals surface area contributed by atoms with E-state index in [1.807, 2.05) is 6.07 Å². The fourth-order valence-corrected chi connectivity index (χ4v) is 2.99. The van der Waals surface area contributed by atoms with Crippen molar-refractivity contribution in [1.82, 2.24) is 4.90 Å². The summed E-state index contributed by atoms with van der Waals surface area (Å²) in [6.07, 6.45) is 2.45. The average Bonchev–Trinajstić information content (AvgIpc) is 2.48. The molecule has 5 heteroatoms. The summed E-state index contributed by atoms with van der Waals surface area (Å²) in [6.45, 7) is 3.77. The number of Topliss-reactive ketones (excluding diaryl/α,β-unsaturated/α-hetero) is 1. The molecular formula is C17H19NO4. The summed E-state index contributed by atoms with van der Waals surface area (Å²) in [6, 6.07) is 5.31. The molecule has 116 valence electrons. The van der Waals surface area contributed by atoms with Gasteiger partial charge in [0.2, 0.25) is 0 Å². The minimum absolute atomic E-state index is 0.0321. The minimum Gasteiger partial charge on any atom is -0.508 e. The summed E-state index contributed by atoms with van der Waals surface area (Å²) >= 11 is 0. The molecule has 1 aliphatic heterocycles. The quantitative estimate of drug-likeness (QED) is 0.677. The van der Waals surface area contributed by atoms with Crippen LogP contribution >= 0.6 is 0 Å². The lowest BCUT2D eigenvalue weighted by Gasteiger charge is -2.33. The molecule has 1 N–H and O–H groups in total. The molecule has 1 saturated heterocycles. The predicted octanol–water partition coefficient (Wildman–Crippen LogP) is 1.70. The summed E-state index contributed by atoms with van der Waals surface area (Å²) in [4.78, 5) is 25.8. The number of benzene rings is 1. The zero-order valence-corrected chi connectivity index (χ0v) is 12.5. The zero-order valence-electron chi connectivity index (χ0n) is 12.5. The number of esters is 1. The highest BCUT2D eigenvalue weighted by Gasteiger charge is 2.34. The van der Waals surface area contributed by atoms with E-state index in [-0.39, 0.29) is 11.5 Å². The smallest absolute Gasteiger partial charge is 0.317 e. The van der Waals surface area contributed by atoms with Crippen molar-refractivity contribution in [3.8, 4) is 5.75 Å². The third kappa shape index (κ3) is 2.76. The van der Waals surface area contributed by atoms with Gasteiger partial charge in [-0.25, -0.2) is 0 Å². The number of hydrogen-bond donors (Lipinski definition) is 1. The van der Waals surface area contributed by atoms with Gasteiger partial charge in [-0.3, -0.25) is 14.5 Å². The Labute approximate surface area is 129 Å². The number of ether oxygens (including phenoxy) is 1. The second-order valence-electron chi connectivity index (χ2n) is 5.70. The monoisotopic (exact) mass is 301 g/mol. The number of phenolic OH excluding ortho intramolecular Hbond substituents is 1. The van der Waals surface area contributed by atoms with Crippen LogP contribution in [0.25, 0.3) is 11.6 Å². The Hall–Kier alpha value is -2.14. The van der Waals surface area contributed by atoms with Crippen molar-refractivity contribution < 1.29 is 19.4 Å². The number of piperidine rings is 1. The number of carbonyl (C=O) groups excluding carboxylic acids is 2. The van der Waals surface area contributed by atoms with Crippen LogP contribution in [0.2, 0.25) is 0 Å². The summed E-state index contributed by atoms with van der Waals surface area (Å²) in [5.41, 5.74) is 3.29. The van der Waals surface area contributed by atoms with Gasteiger partial charge in [-0.2, -0.15) is 0 Å². The molecule has 0 saturated carbocycles. The Balaban J connectivity index is 1.64. The van der Waals surface area contributed by atoms with Crippen LogP contribution in [0.1, 0.15) is 24.5 Å². The number of fused-ring (bicyclic) bond motifs is 1. The van der Waals surface area contributed by atoms with Gasteiger partial charge >= 0.3 is 5.97 Å². The van der Waals surface area contributed by atoms with Crippen LogP contribution in [0, 0.1) is 5.92 Å². The van der Waals surface area contributed by atoms with Gasteiger partial charge in [0.1, 0.15) is 17.5 Å². The summed E-state index contributed by atoms with van der Waals surface area (Å²) < 4.78 is 4.98. The summed E-state index contributed by atoms with van der Waals surface area (Å²) in [5, 5.41) is 9.56. The lowest BCUT2D eigenvalue weighted by Crippen LogP contribution is -2.45. The highest BCUT2D eigenvalue weighted by molar-refractivity contribution is 6.00. The van der Waals surface area contributed by atoms with Crippen molar-refractivity contribution in [1.29, 1.82) is 0 Å². The second-order valence-corrected chi connectivity index (χ2v) is 5.70. The Morgan fingerprint density at radius 3 is 3.05 bits per heavy atom. The number of aromatic hydroxyl groups is 1. The Morgan fingerprint density at radius 2 is 2.27 bits per heavy atom. The van der Waals surface area contributed by atoms with E-state index < -0.39 is 11.9 Å². The number of phenols is 1. The number of nitrogens with zero attached hydrogens (tertiary/aromatic N) is 1. The van der Waals surface area contributed by atoms with Crippen LogP contribution in [0.4, 0.5) is 0 Å². The molecule has 0 spiro atoms. The first-order valence-electron chi connectivity index (χ1n) is 7.54. The molecule has 0 amide bonds. The zero-order chi connectivity index (χ0) is 15.7. The maximum absolute atomic E-state index is 11.9. The normalized spacial score (nSPS) is 20.9. The molecule has 1 aromatic carbocycles. The maximum Gasteiger partial charge on any atom is 0.317 e. The van der Waals surface area contributed by atoms with Crippen molar-refractivity contribution in [2.45, 2.75) is 13.3 Å². The van der Waals surface area contributed by atoms with Gasteiger partial charge in [-0.1, -0.05) is 6.07 Å². The molecule has 2 aliphatic rings. The number of likely N-dealkylation sites (tertiary alicyclic amines) is 1. The van der Waals surface area contributed by atoms with Crippen molar-refractivity contribution in [2.75, 3.05) is 26.2 Å². The van der Waals surface area contributed by atoms with E-state index in [4.69, 9.17) is 4.74 Å². The fourth-order valence-electron chi connectivity index (χ4n) is 2.99. The number of rotatable bonds is 4. The van der Waals surface area contributed by atoms with Crippen molar-refractivity contribution in [2.24, 2.45) is 5.92 Å². The summed E-state index contributed by atoms with van der Waals surface area (Å²) in [7, 11) is 0. The van der Waals surface area contributed by atoms with E-state index in [0.29, 0.717) is 32.7 Å². The molecule has 1 atom stereocenters. The van der Waals surface area contributed by atoms with E-state index in [1.165, 1.54) is 0 Å². The lowest BCUT2D eigenvalue weighted by molar-refractivity contribution is -0.153. The second kappa shape index (κ2) is 5.93. The maximum atomic E-state index is 11.9. The van der Waals surface area contributed by atoms with Gasteiger partial charge in [0, 0.05) is 26.1 Å². The Bertz CT molecular complexity index is 650. The number of carbonyl (C=O) groups is 2. The van der Waals surface area contributed by atoms with E-state index in [2.05, 4.69) is 11.0 Å². The van der Waals surface area contributed by atoms with E-state index in [1.54, 1.807) is 19.1 Å². The van der Waals surface area contributed by atoms with Gasteiger partial charge < -0.3 is 9.84 Å². The first-order chi connectivity index (χ1) is 10.6. The molecule has 1 aliphatic carbocycles. The number of hydrogen-bond acceptors (Lipinski definition) is 5. The minimum atomic E-state index is -0.668. The standard InChI is InChI=1S/C17H19NO4/c1-2-22-17(21)15-10-18(6-5-16(15)20)9-12-7-11-3-4-13(19)8-14(11)12/h3-4,7-8,15,19H,2,5-6,9-10H2,1H3. The molecular weight excluding hydrogens is 282 g/mol. The van der Waals surface area contributed by atoms with Crippen molar-refractivity contribution in [3.05, 3.63) is 29.3 Å². The number of ketones is 1. The van der Waals surface area contributed by atoms with Crippen LogP contribution in [0.3, 0.4) is 0 Å². The fraction of sp³-hybridized carbons (Fsp3) is 0.412. The molecule has 1 unspecified atom stereocenters. The molecule has 1 heterocycles. The van der Waals surface area contributed by atoms with Gasteiger partial charge in [0.25, 0.3) is 0 Å². The third-order valence-electron chi connectivity index (χ3n) is 4.18. The predicted molar refractivity (Wildman–Crippen MR) is 82.2 cm³/mol.